The molecule has 2 heterocycles. The number of amides is 1. The lowest BCUT2D eigenvalue weighted by Gasteiger charge is -2.14. The number of carbonyl (C=O) groups excluding carboxylic acids is 1. The van der Waals surface area contributed by atoms with E-state index in [-0.39, 0.29) is 18.3 Å². The van der Waals surface area contributed by atoms with Crippen LogP contribution < -0.4 is 10.6 Å². The van der Waals surface area contributed by atoms with Crippen LogP contribution >= 0.6 is 23.7 Å². The molecule has 0 fully saturated rings. The number of hydrogen-bond acceptors (Lipinski definition) is 3. The highest BCUT2D eigenvalue weighted by Crippen LogP contribution is 2.28. The first-order chi connectivity index (χ1) is 10.3. The molecule has 0 atom stereocenters. The molecule has 1 aliphatic carbocycles. The van der Waals surface area contributed by atoms with Crippen molar-refractivity contribution in [1.82, 2.24) is 10.6 Å². The average molecular weight is 341 g/mol. The molecule has 0 bridgehead atoms. The Hall–Kier alpha value is -0.840. The number of thiophene rings is 1. The minimum absolute atomic E-state index is 0. The van der Waals surface area contributed by atoms with Crippen molar-refractivity contribution >= 4 is 29.7 Å². The predicted octanol–water partition coefficient (Wildman–Crippen LogP) is 3.48. The molecule has 0 aromatic carbocycles. The zero-order valence-corrected chi connectivity index (χ0v) is 14.6. The second kappa shape index (κ2) is 8.70. The van der Waals surface area contributed by atoms with Crippen LogP contribution in [0.15, 0.2) is 17.7 Å². The first-order valence-electron chi connectivity index (χ1n) is 8.11. The first kappa shape index (κ1) is 17.5. The van der Waals surface area contributed by atoms with Gasteiger partial charge in [0.1, 0.15) is 0 Å². The number of rotatable bonds is 3. The fraction of sp³-hybridized carbons (Fsp3) is 0.588. The standard InChI is InChI=1S/C17H24N2OS.ClH/c20-17(19-12-13-7-9-18-10-8-13)16-11-14-5-3-1-2-4-6-15(14)21-16;/h7,11,18H,1-6,8-10,12H2,(H,19,20);1H. The molecule has 2 N–H and O–H groups in total. The fourth-order valence-electron chi connectivity index (χ4n) is 3.07. The molecule has 5 heteroatoms. The Kier molecular flexibility index (Phi) is 6.93. The highest BCUT2D eigenvalue weighted by Gasteiger charge is 2.16. The van der Waals surface area contributed by atoms with Gasteiger partial charge in [-0.05, 0) is 50.3 Å². The molecule has 3 rings (SSSR count). The smallest absolute Gasteiger partial charge is 0.261 e. The van der Waals surface area contributed by atoms with Crippen molar-refractivity contribution in [2.45, 2.75) is 44.9 Å². The summed E-state index contributed by atoms with van der Waals surface area (Å²) in [6, 6.07) is 2.14. The van der Waals surface area contributed by atoms with E-state index in [1.54, 1.807) is 11.3 Å². The summed E-state index contributed by atoms with van der Waals surface area (Å²) in [4.78, 5) is 14.7. The number of carbonyl (C=O) groups is 1. The molecule has 1 aromatic rings. The van der Waals surface area contributed by atoms with E-state index in [2.05, 4.69) is 22.8 Å². The van der Waals surface area contributed by atoms with E-state index in [1.165, 1.54) is 41.7 Å². The molecule has 0 saturated carbocycles. The lowest BCUT2D eigenvalue weighted by atomic mass is 10.00. The van der Waals surface area contributed by atoms with Crippen LogP contribution in [0.1, 0.15) is 52.2 Å². The van der Waals surface area contributed by atoms with Gasteiger partial charge in [0, 0.05) is 18.0 Å². The van der Waals surface area contributed by atoms with E-state index in [9.17, 15) is 4.79 Å². The largest absolute Gasteiger partial charge is 0.348 e. The van der Waals surface area contributed by atoms with Crippen molar-refractivity contribution in [3.8, 4) is 0 Å². The Morgan fingerprint density at radius 3 is 2.77 bits per heavy atom. The summed E-state index contributed by atoms with van der Waals surface area (Å²) in [5.41, 5.74) is 2.77. The number of hydrogen-bond donors (Lipinski definition) is 2. The fourth-order valence-corrected chi connectivity index (χ4v) is 4.24. The highest BCUT2D eigenvalue weighted by atomic mass is 35.5. The van der Waals surface area contributed by atoms with Gasteiger partial charge in [-0.25, -0.2) is 0 Å². The maximum Gasteiger partial charge on any atom is 0.261 e. The normalized spacial score (nSPS) is 18.3. The number of halogens is 1. The Bertz CT molecular complexity index is 513. The molecule has 0 saturated heterocycles. The number of aryl methyl sites for hydroxylation is 2. The summed E-state index contributed by atoms with van der Waals surface area (Å²) in [5.74, 6) is 0.103. The van der Waals surface area contributed by atoms with E-state index in [1.807, 2.05) is 0 Å². The summed E-state index contributed by atoms with van der Waals surface area (Å²) in [7, 11) is 0. The van der Waals surface area contributed by atoms with Crippen molar-refractivity contribution < 1.29 is 4.79 Å². The van der Waals surface area contributed by atoms with Crippen LogP contribution in [0.5, 0.6) is 0 Å². The van der Waals surface area contributed by atoms with Crippen LogP contribution in [0.2, 0.25) is 0 Å². The monoisotopic (exact) mass is 340 g/mol. The maximum absolute atomic E-state index is 12.3. The lowest BCUT2D eigenvalue weighted by molar-refractivity contribution is 0.0960. The summed E-state index contributed by atoms with van der Waals surface area (Å²) in [6.07, 6.45) is 10.7. The van der Waals surface area contributed by atoms with Crippen molar-refractivity contribution in [3.63, 3.8) is 0 Å². The molecule has 0 spiro atoms. The molecule has 0 unspecified atom stereocenters. The summed E-state index contributed by atoms with van der Waals surface area (Å²) in [6.45, 7) is 2.65. The minimum atomic E-state index is 0. The lowest BCUT2D eigenvalue weighted by Crippen LogP contribution is -2.29. The Morgan fingerprint density at radius 1 is 1.18 bits per heavy atom. The molecular weight excluding hydrogens is 316 g/mol. The Morgan fingerprint density at radius 2 is 2.00 bits per heavy atom. The Balaban J connectivity index is 0.00000176. The second-order valence-corrected chi connectivity index (χ2v) is 7.11. The quantitative estimate of drug-likeness (QED) is 0.827. The average Bonchev–Trinajstić information content (AvgIpc) is 2.88. The van der Waals surface area contributed by atoms with Crippen molar-refractivity contribution in [3.05, 3.63) is 33.0 Å². The molecule has 22 heavy (non-hydrogen) atoms. The third-order valence-corrected chi connectivity index (χ3v) is 5.59. The van der Waals surface area contributed by atoms with Crippen LogP contribution in [0.4, 0.5) is 0 Å². The maximum atomic E-state index is 12.3. The predicted molar refractivity (Wildman–Crippen MR) is 95.3 cm³/mol. The summed E-state index contributed by atoms with van der Waals surface area (Å²) < 4.78 is 0. The van der Waals surface area contributed by atoms with Gasteiger partial charge in [-0.2, -0.15) is 0 Å². The van der Waals surface area contributed by atoms with Crippen LogP contribution in [-0.2, 0) is 12.8 Å². The van der Waals surface area contributed by atoms with Crippen molar-refractivity contribution in [1.29, 1.82) is 0 Å². The molecule has 122 valence electrons. The van der Waals surface area contributed by atoms with Crippen molar-refractivity contribution in [2.75, 3.05) is 19.6 Å². The van der Waals surface area contributed by atoms with Crippen molar-refractivity contribution in [2.24, 2.45) is 0 Å². The molecule has 1 aliphatic heterocycles. The van der Waals surface area contributed by atoms with Gasteiger partial charge in [-0.15, -0.1) is 23.7 Å². The van der Waals surface area contributed by atoms with E-state index in [4.69, 9.17) is 0 Å². The molecule has 1 amide bonds. The summed E-state index contributed by atoms with van der Waals surface area (Å²) >= 11 is 1.71. The third-order valence-electron chi connectivity index (χ3n) is 4.35. The minimum Gasteiger partial charge on any atom is -0.348 e. The van der Waals surface area contributed by atoms with Gasteiger partial charge in [-0.3, -0.25) is 4.79 Å². The molecule has 1 aromatic heterocycles. The SMILES string of the molecule is Cl.O=C(NCC1=CCNCC1)c1cc2c(s1)CCCCCC2. The molecule has 3 nitrogen and oxygen atoms in total. The third kappa shape index (κ3) is 4.58. The zero-order chi connectivity index (χ0) is 14.5. The molecule has 2 aliphatic rings. The van der Waals surface area contributed by atoms with Gasteiger partial charge in [0.05, 0.1) is 4.88 Å². The summed E-state index contributed by atoms with van der Waals surface area (Å²) in [5, 5.41) is 6.38. The van der Waals surface area contributed by atoms with Gasteiger partial charge in [0.2, 0.25) is 0 Å². The van der Waals surface area contributed by atoms with Crippen LogP contribution in [0.25, 0.3) is 0 Å². The van der Waals surface area contributed by atoms with E-state index in [0.29, 0.717) is 6.54 Å². The van der Waals surface area contributed by atoms with Gasteiger partial charge in [-0.1, -0.05) is 24.5 Å². The van der Waals surface area contributed by atoms with E-state index in [0.717, 1.165) is 37.2 Å². The Labute approximate surface area is 143 Å². The number of nitrogens with one attached hydrogen (secondary N) is 2. The van der Waals surface area contributed by atoms with Gasteiger partial charge in [0.25, 0.3) is 5.91 Å². The van der Waals surface area contributed by atoms with Gasteiger partial charge >= 0.3 is 0 Å². The van der Waals surface area contributed by atoms with Gasteiger partial charge < -0.3 is 10.6 Å². The topological polar surface area (TPSA) is 41.1 Å². The number of fused-ring (bicyclic) bond motifs is 1. The van der Waals surface area contributed by atoms with Crippen LogP contribution in [-0.4, -0.2) is 25.5 Å². The highest BCUT2D eigenvalue weighted by molar-refractivity contribution is 7.14. The van der Waals surface area contributed by atoms with E-state index >= 15 is 0 Å². The molecule has 0 radical (unpaired) electrons. The second-order valence-electron chi connectivity index (χ2n) is 5.97. The van der Waals surface area contributed by atoms with Gasteiger partial charge in [0.15, 0.2) is 0 Å². The zero-order valence-electron chi connectivity index (χ0n) is 13.0. The van der Waals surface area contributed by atoms with Crippen LogP contribution in [0, 0.1) is 0 Å². The van der Waals surface area contributed by atoms with Crippen LogP contribution in [0.3, 0.4) is 0 Å². The van der Waals surface area contributed by atoms with E-state index < -0.39 is 0 Å². The molecular formula is C17H25ClN2OS. The first-order valence-corrected chi connectivity index (χ1v) is 8.93.